The molecule has 0 saturated heterocycles. The van der Waals surface area contributed by atoms with Crippen LogP contribution >= 0.6 is 11.6 Å². The molecule has 0 saturated carbocycles. The zero-order chi connectivity index (χ0) is 14.5. The van der Waals surface area contributed by atoms with Crippen molar-refractivity contribution < 1.29 is 4.79 Å². The van der Waals surface area contributed by atoms with Gasteiger partial charge in [-0.3, -0.25) is 4.79 Å². The summed E-state index contributed by atoms with van der Waals surface area (Å²) in [4.78, 5) is 12.1. The van der Waals surface area contributed by atoms with E-state index in [2.05, 4.69) is 5.32 Å². The minimum atomic E-state index is -0.302. The summed E-state index contributed by atoms with van der Waals surface area (Å²) >= 11 is 6.06. The quantitative estimate of drug-likeness (QED) is 0.825. The maximum absolute atomic E-state index is 12.1. The second-order valence-electron chi connectivity index (χ2n) is 4.68. The fraction of sp³-hybridized carbons (Fsp3) is 0.118. The first-order chi connectivity index (χ1) is 9.56. The Morgan fingerprint density at radius 3 is 2.50 bits per heavy atom. The summed E-state index contributed by atoms with van der Waals surface area (Å²) in [7, 11) is 0. The van der Waals surface area contributed by atoms with Crippen molar-refractivity contribution in [2.24, 2.45) is 0 Å². The van der Waals surface area contributed by atoms with E-state index in [0.717, 1.165) is 22.4 Å². The third-order valence-corrected chi connectivity index (χ3v) is 3.23. The van der Waals surface area contributed by atoms with E-state index in [-0.39, 0.29) is 10.9 Å². The van der Waals surface area contributed by atoms with Crippen LogP contribution in [0.2, 0.25) is 0 Å². The van der Waals surface area contributed by atoms with Crippen molar-refractivity contribution in [1.29, 1.82) is 0 Å². The molecule has 3 heteroatoms. The van der Waals surface area contributed by atoms with E-state index in [1.807, 2.05) is 62.4 Å². The van der Waals surface area contributed by atoms with Gasteiger partial charge in [0.15, 0.2) is 0 Å². The molecule has 2 aromatic rings. The number of benzene rings is 2. The van der Waals surface area contributed by atoms with Gasteiger partial charge in [0.05, 0.1) is 0 Å². The zero-order valence-corrected chi connectivity index (χ0v) is 12.2. The molecule has 0 radical (unpaired) electrons. The molecule has 0 fully saturated rings. The molecular formula is C17H16ClNO. The van der Waals surface area contributed by atoms with Gasteiger partial charge in [0.2, 0.25) is 0 Å². The Kier molecular flexibility index (Phi) is 4.59. The molecule has 1 amide bonds. The molecule has 102 valence electrons. The van der Waals surface area contributed by atoms with Gasteiger partial charge in [0.1, 0.15) is 5.03 Å². The van der Waals surface area contributed by atoms with Gasteiger partial charge in [-0.25, -0.2) is 0 Å². The second-order valence-corrected chi connectivity index (χ2v) is 5.08. The highest BCUT2D eigenvalue weighted by Crippen LogP contribution is 2.19. The number of amides is 1. The highest BCUT2D eigenvalue weighted by molar-refractivity contribution is 6.45. The lowest BCUT2D eigenvalue weighted by Crippen LogP contribution is -2.12. The standard InChI is InChI=1S/C17H16ClNO/c1-12-8-9-13(2)16(10-12)19-17(20)15(18)11-14-6-4-3-5-7-14/h3-11H,1-2H3,(H,19,20)/b15-11-. The number of carbonyl (C=O) groups is 1. The number of anilines is 1. The minimum absolute atomic E-state index is 0.164. The molecule has 0 aliphatic rings. The van der Waals surface area contributed by atoms with Crippen LogP contribution in [0.1, 0.15) is 16.7 Å². The SMILES string of the molecule is Cc1ccc(C)c(NC(=O)/C(Cl)=C/c2ccccc2)c1. The maximum Gasteiger partial charge on any atom is 0.267 e. The van der Waals surface area contributed by atoms with E-state index in [1.165, 1.54) is 0 Å². The molecule has 0 unspecified atom stereocenters. The summed E-state index contributed by atoms with van der Waals surface area (Å²) < 4.78 is 0. The van der Waals surface area contributed by atoms with Crippen LogP contribution in [0.4, 0.5) is 5.69 Å². The van der Waals surface area contributed by atoms with E-state index in [9.17, 15) is 4.79 Å². The van der Waals surface area contributed by atoms with E-state index < -0.39 is 0 Å². The fourth-order valence-electron chi connectivity index (χ4n) is 1.81. The third-order valence-electron chi connectivity index (χ3n) is 2.95. The van der Waals surface area contributed by atoms with Crippen molar-refractivity contribution in [1.82, 2.24) is 0 Å². The summed E-state index contributed by atoms with van der Waals surface area (Å²) in [6.07, 6.45) is 1.65. The van der Waals surface area contributed by atoms with E-state index >= 15 is 0 Å². The second kappa shape index (κ2) is 6.40. The topological polar surface area (TPSA) is 29.1 Å². The Morgan fingerprint density at radius 1 is 1.10 bits per heavy atom. The Hall–Kier alpha value is -2.06. The van der Waals surface area contributed by atoms with Crippen LogP contribution in [0.3, 0.4) is 0 Å². The average Bonchev–Trinajstić information content (AvgIpc) is 2.44. The molecule has 1 N–H and O–H groups in total. The molecule has 0 spiro atoms. The first-order valence-electron chi connectivity index (χ1n) is 6.37. The Bertz CT molecular complexity index is 647. The molecule has 0 atom stereocenters. The number of halogens is 1. The van der Waals surface area contributed by atoms with Crippen LogP contribution in [0.15, 0.2) is 53.6 Å². The molecule has 0 aromatic heterocycles. The number of carbonyl (C=O) groups excluding carboxylic acids is 1. The van der Waals surface area contributed by atoms with Gasteiger partial charge in [-0.1, -0.05) is 54.1 Å². The number of rotatable bonds is 3. The normalized spacial score (nSPS) is 11.2. The maximum atomic E-state index is 12.1. The monoisotopic (exact) mass is 285 g/mol. The first kappa shape index (κ1) is 14.4. The Labute approximate surface area is 124 Å². The van der Waals surface area contributed by atoms with Crippen molar-refractivity contribution in [2.45, 2.75) is 13.8 Å². The van der Waals surface area contributed by atoms with Gasteiger partial charge >= 0.3 is 0 Å². The number of aryl methyl sites for hydroxylation is 2. The molecule has 0 bridgehead atoms. The number of hydrogen-bond donors (Lipinski definition) is 1. The molecule has 20 heavy (non-hydrogen) atoms. The summed E-state index contributed by atoms with van der Waals surface area (Å²) in [6.45, 7) is 3.93. The fourth-order valence-corrected chi connectivity index (χ4v) is 1.99. The predicted octanol–water partition coefficient (Wildman–Crippen LogP) is 4.52. The van der Waals surface area contributed by atoms with Crippen LogP contribution < -0.4 is 5.32 Å². The predicted molar refractivity (Wildman–Crippen MR) is 84.8 cm³/mol. The van der Waals surface area contributed by atoms with E-state index in [4.69, 9.17) is 11.6 Å². The highest BCUT2D eigenvalue weighted by Gasteiger charge is 2.08. The molecule has 2 rings (SSSR count). The third kappa shape index (κ3) is 3.72. The number of nitrogens with one attached hydrogen (secondary N) is 1. The Balaban J connectivity index is 2.16. The molecule has 0 aliphatic carbocycles. The van der Waals surface area contributed by atoms with Gasteiger partial charge in [-0.2, -0.15) is 0 Å². The molecule has 2 nitrogen and oxygen atoms in total. The number of hydrogen-bond acceptors (Lipinski definition) is 1. The zero-order valence-electron chi connectivity index (χ0n) is 11.5. The van der Waals surface area contributed by atoms with Crippen molar-refractivity contribution >= 4 is 29.3 Å². The van der Waals surface area contributed by atoms with Crippen LogP contribution in [-0.4, -0.2) is 5.91 Å². The van der Waals surface area contributed by atoms with Crippen LogP contribution in [-0.2, 0) is 4.79 Å². The van der Waals surface area contributed by atoms with Crippen molar-refractivity contribution in [3.05, 3.63) is 70.3 Å². The molecular weight excluding hydrogens is 270 g/mol. The molecule has 0 aliphatic heterocycles. The lowest BCUT2D eigenvalue weighted by atomic mass is 10.1. The van der Waals surface area contributed by atoms with E-state index in [1.54, 1.807) is 6.08 Å². The Morgan fingerprint density at radius 2 is 1.80 bits per heavy atom. The summed E-state index contributed by atoms with van der Waals surface area (Å²) in [5.74, 6) is -0.302. The summed E-state index contributed by atoms with van der Waals surface area (Å²) in [5.41, 5.74) is 3.78. The van der Waals surface area contributed by atoms with Gasteiger partial charge in [-0.15, -0.1) is 0 Å². The van der Waals surface area contributed by atoms with Crippen LogP contribution in [0.25, 0.3) is 6.08 Å². The largest absolute Gasteiger partial charge is 0.321 e. The summed E-state index contributed by atoms with van der Waals surface area (Å²) in [5, 5.41) is 3.00. The van der Waals surface area contributed by atoms with Crippen molar-refractivity contribution in [3.63, 3.8) is 0 Å². The van der Waals surface area contributed by atoms with Crippen molar-refractivity contribution in [3.8, 4) is 0 Å². The lowest BCUT2D eigenvalue weighted by Gasteiger charge is -2.08. The van der Waals surface area contributed by atoms with Gasteiger partial charge in [0.25, 0.3) is 5.91 Å². The lowest BCUT2D eigenvalue weighted by molar-refractivity contribution is -0.112. The van der Waals surface area contributed by atoms with Gasteiger partial charge < -0.3 is 5.32 Å². The summed E-state index contributed by atoms with van der Waals surface area (Å²) in [6, 6.07) is 15.4. The van der Waals surface area contributed by atoms with Crippen LogP contribution in [0, 0.1) is 13.8 Å². The van der Waals surface area contributed by atoms with Gasteiger partial charge in [0, 0.05) is 5.69 Å². The average molecular weight is 286 g/mol. The van der Waals surface area contributed by atoms with E-state index in [0.29, 0.717) is 0 Å². The minimum Gasteiger partial charge on any atom is -0.321 e. The smallest absolute Gasteiger partial charge is 0.267 e. The molecule has 2 aromatic carbocycles. The first-order valence-corrected chi connectivity index (χ1v) is 6.75. The van der Waals surface area contributed by atoms with Crippen molar-refractivity contribution in [2.75, 3.05) is 5.32 Å². The van der Waals surface area contributed by atoms with Gasteiger partial charge in [-0.05, 0) is 42.7 Å². The van der Waals surface area contributed by atoms with Crippen LogP contribution in [0.5, 0.6) is 0 Å². The molecule has 0 heterocycles. The highest BCUT2D eigenvalue weighted by atomic mass is 35.5.